The second-order valence-electron chi connectivity index (χ2n) is 7.44. The molecule has 0 saturated heterocycles. The van der Waals surface area contributed by atoms with Gasteiger partial charge in [-0.15, -0.1) is 0 Å². The van der Waals surface area contributed by atoms with E-state index in [2.05, 4.69) is 15.6 Å². The zero-order chi connectivity index (χ0) is 24.0. The number of thioether (sulfide) groups is 1. The van der Waals surface area contributed by atoms with E-state index in [1.807, 2.05) is 52.0 Å². The molecule has 2 aromatic carbocycles. The number of amides is 2. The smallest absolute Gasteiger partial charge is 0.258 e. The van der Waals surface area contributed by atoms with E-state index >= 15 is 0 Å². The molecule has 6 nitrogen and oxygen atoms in total. The van der Waals surface area contributed by atoms with Gasteiger partial charge in [-0.25, -0.2) is 4.98 Å². The summed E-state index contributed by atoms with van der Waals surface area (Å²) in [6.07, 6.45) is 0. The average molecular weight is 484 g/mol. The number of hydrogen-bond donors (Lipinski definition) is 2. The van der Waals surface area contributed by atoms with Crippen molar-refractivity contribution < 1.29 is 14.3 Å². The molecule has 0 aliphatic carbocycles. The molecular formula is C25H26ClN3O3S. The number of carbonyl (C=O) groups excluding carboxylic acids is 2. The van der Waals surface area contributed by atoms with Gasteiger partial charge in [-0.2, -0.15) is 0 Å². The van der Waals surface area contributed by atoms with Gasteiger partial charge in [0.05, 0.1) is 23.6 Å². The summed E-state index contributed by atoms with van der Waals surface area (Å²) in [5.41, 5.74) is 4.12. The van der Waals surface area contributed by atoms with Crippen LogP contribution in [0.4, 0.5) is 11.4 Å². The Morgan fingerprint density at radius 2 is 1.79 bits per heavy atom. The summed E-state index contributed by atoms with van der Waals surface area (Å²) >= 11 is 7.35. The van der Waals surface area contributed by atoms with Crippen molar-refractivity contribution >= 4 is 46.6 Å². The number of rotatable bonds is 8. The van der Waals surface area contributed by atoms with E-state index in [0.29, 0.717) is 39.3 Å². The number of nitrogens with zero attached hydrogens (tertiary/aromatic N) is 1. The fourth-order valence-electron chi connectivity index (χ4n) is 3.22. The number of anilines is 2. The third-order valence-corrected chi connectivity index (χ3v) is 6.15. The highest BCUT2D eigenvalue weighted by molar-refractivity contribution is 8.00. The minimum absolute atomic E-state index is 0.0944. The fraction of sp³-hybridized carbons (Fsp3) is 0.240. The van der Waals surface area contributed by atoms with Gasteiger partial charge in [0.1, 0.15) is 10.8 Å². The molecule has 172 valence electrons. The van der Waals surface area contributed by atoms with Crippen LogP contribution in [-0.4, -0.2) is 29.2 Å². The molecule has 1 aromatic heterocycles. The molecule has 33 heavy (non-hydrogen) atoms. The van der Waals surface area contributed by atoms with Crippen LogP contribution in [-0.2, 0) is 4.79 Å². The Labute approximate surface area is 203 Å². The molecular weight excluding hydrogens is 458 g/mol. The molecule has 0 aliphatic rings. The molecule has 2 N–H and O–H groups in total. The molecule has 0 atom stereocenters. The minimum atomic E-state index is -0.305. The Hall–Kier alpha value is -3.03. The molecule has 3 aromatic rings. The summed E-state index contributed by atoms with van der Waals surface area (Å²) in [6, 6.07) is 14.5. The van der Waals surface area contributed by atoms with Crippen LogP contribution < -0.4 is 15.4 Å². The van der Waals surface area contributed by atoms with Crippen LogP contribution in [0, 0.1) is 20.8 Å². The van der Waals surface area contributed by atoms with Gasteiger partial charge in [0.2, 0.25) is 5.91 Å². The van der Waals surface area contributed by atoms with Gasteiger partial charge in [-0.3, -0.25) is 9.59 Å². The molecule has 2 amide bonds. The number of ether oxygens (including phenoxy) is 1. The van der Waals surface area contributed by atoms with Crippen molar-refractivity contribution in [2.24, 2.45) is 0 Å². The molecule has 0 unspecified atom stereocenters. The van der Waals surface area contributed by atoms with Gasteiger partial charge in [0, 0.05) is 16.4 Å². The highest BCUT2D eigenvalue weighted by atomic mass is 35.5. The quantitative estimate of drug-likeness (QED) is 0.381. The lowest BCUT2D eigenvalue weighted by molar-refractivity contribution is -0.113. The number of hydrogen-bond acceptors (Lipinski definition) is 5. The number of carbonyl (C=O) groups is 2. The largest absolute Gasteiger partial charge is 0.492 e. The minimum Gasteiger partial charge on any atom is -0.492 e. The number of para-hydroxylation sites is 2. The van der Waals surface area contributed by atoms with Crippen molar-refractivity contribution in [3.05, 3.63) is 75.9 Å². The predicted octanol–water partition coefficient (Wildman–Crippen LogP) is 6.04. The van der Waals surface area contributed by atoms with Crippen LogP contribution in [0.25, 0.3) is 0 Å². The molecule has 0 fully saturated rings. The van der Waals surface area contributed by atoms with Crippen molar-refractivity contribution in [2.75, 3.05) is 23.0 Å². The summed E-state index contributed by atoms with van der Waals surface area (Å²) in [4.78, 5) is 30.2. The van der Waals surface area contributed by atoms with E-state index in [9.17, 15) is 9.59 Å². The zero-order valence-corrected chi connectivity index (χ0v) is 20.6. The molecule has 1 heterocycles. The lowest BCUT2D eigenvalue weighted by Gasteiger charge is -2.15. The van der Waals surface area contributed by atoms with E-state index in [1.165, 1.54) is 11.8 Å². The number of nitrogens with one attached hydrogen (secondary N) is 2. The summed E-state index contributed by atoms with van der Waals surface area (Å²) in [6.45, 7) is 7.99. The Morgan fingerprint density at radius 1 is 1.03 bits per heavy atom. The maximum atomic E-state index is 13.2. The van der Waals surface area contributed by atoms with E-state index < -0.39 is 0 Å². The van der Waals surface area contributed by atoms with Crippen molar-refractivity contribution in [3.8, 4) is 5.75 Å². The summed E-state index contributed by atoms with van der Waals surface area (Å²) in [5.74, 6) is 0.169. The first-order valence-corrected chi connectivity index (χ1v) is 11.8. The Morgan fingerprint density at radius 3 is 2.52 bits per heavy atom. The van der Waals surface area contributed by atoms with Gasteiger partial charge in [-0.1, -0.05) is 41.6 Å². The van der Waals surface area contributed by atoms with Gasteiger partial charge in [0.15, 0.2) is 0 Å². The number of halogens is 1. The predicted molar refractivity (Wildman–Crippen MR) is 135 cm³/mol. The molecule has 8 heteroatoms. The molecule has 0 aliphatic heterocycles. The lowest BCUT2D eigenvalue weighted by Crippen LogP contribution is -2.18. The van der Waals surface area contributed by atoms with Crippen LogP contribution in [0.2, 0.25) is 5.02 Å². The number of aromatic nitrogens is 1. The van der Waals surface area contributed by atoms with E-state index in [1.54, 1.807) is 24.3 Å². The SMILES string of the molecule is CCOc1ccccc1NC(=O)c1c(C)cc(C)nc1SCC(=O)Nc1ccc(C)c(Cl)c1. The first-order valence-electron chi connectivity index (χ1n) is 10.5. The van der Waals surface area contributed by atoms with E-state index in [0.717, 1.165) is 16.8 Å². The zero-order valence-electron chi connectivity index (χ0n) is 19.0. The number of pyridine rings is 1. The van der Waals surface area contributed by atoms with E-state index in [4.69, 9.17) is 16.3 Å². The summed E-state index contributed by atoms with van der Waals surface area (Å²) in [5, 5.41) is 6.83. The van der Waals surface area contributed by atoms with Gasteiger partial charge in [-0.05, 0) is 69.2 Å². The monoisotopic (exact) mass is 483 g/mol. The second kappa shape index (κ2) is 11.2. The topological polar surface area (TPSA) is 80.3 Å². The summed E-state index contributed by atoms with van der Waals surface area (Å²) in [7, 11) is 0. The third kappa shape index (κ3) is 6.49. The number of aryl methyl sites for hydroxylation is 3. The molecule has 0 radical (unpaired) electrons. The van der Waals surface area contributed by atoms with Crippen LogP contribution in [0.15, 0.2) is 53.6 Å². The van der Waals surface area contributed by atoms with Gasteiger partial charge < -0.3 is 15.4 Å². The maximum Gasteiger partial charge on any atom is 0.258 e. The first kappa shape index (κ1) is 24.6. The van der Waals surface area contributed by atoms with Crippen molar-refractivity contribution in [1.29, 1.82) is 0 Å². The molecule has 3 rings (SSSR count). The lowest BCUT2D eigenvalue weighted by atomic mass is 10.1. The second-order valence-corrected chi connectivity index (χ2v) is 8.82. The summed E-state index contributed by atoms with van der Waals surface area (Å²) < 4.78 is 5.61. The van der Waals surface area contributed by atoms with Crippen molar-refractivity contribution in [1.82, 2.24) is 4.98 Å². The Bertz CT molecular complexity index is 1180. The van der Waals surface area contributed by atoms with Gasteiger partial charge in [0.25, 0.3) is 5.91 Å². The van der Waals surface area contributed by atoms with Crippen molar-refractivity contribution in [3.63, 3.8) is 0 Å². The van der Waals surface area contributed by atoms with Crippen LogP contribution >= 0.6 is 23.4 Å². The highest BCUT2D eigenvalue weighted by Crippen LogP contribution is 2.29. The Kier molecular flexibility index (Phi) is 8.36. The first-order chi connectivity index (χ1) is 15.8. The fourth-order valence-corrected chi connectivity index (χ4v) is 4.35. The Balaban J connectivity index is 1.77. The highest BCUT2D eigenvalue weighted by Gasteiger charge is 2.20. The van der Waals surface area contributed by atoms with Crippen LogP contribution in [0.5, 0.6) is 5.75 Å². The molecule has 0 saturated carbocycles. The van der Waals surface area contributed by atoms with Gasteiger partial charge >= 0.3 is 0 Å². The number of benzene rings is 2. The average Bonchev–Trinajstić information content (AvgIpc) is 2.76. The third-order valence-electron chi connectivity index (χ3n) is 4.77. The van der Waals surface area contributed by atoms with Crippen LogP contribution in [0.1, 0.15) is 34.1 Å². The van der Waals surface area contributed by atoms with Crippen LogP contribution in [0.3, 0.4) is 0 Å². The maximum absolute atomic E-state index is 13.2. The molecule has 0 spiro atoms. The normalized spacial score (nSPS) is 10.6. The molecule has 0 bridgehead atoms. The van der Waals surface area contributed by atoms with Crippen molar-refractivity contribution in [2.45, 2.75) is 32.7 Å². The van der Waals surface area contributed by atoms with E-state index in [-0.39, 0.29) is 17.6 Å². The standard InChI is InChI=1S/C25H26ClN3O3S/c1-5-32-21-9-7-6-8-20(21)29-24(31)23-16(3)12-17(4)27-25(23)33-14-22(30)28-18-11-10-15(2)19(26)13-18/h6-13H,5,14H2,1-4H3,(H,28,30)(H,29,31).